The molecular formula is C26H23F2N3O2S. The standard InChI is InChI=1S/C26H23F2N3O2S/c27-20-5-1-17(2-6-20)23(18-3-7-21(28)8-4-18)19-9-12-30(13-10-19)14-15-31-25(32)22-11-16-34-24(22)29-26(31)33/h1-8,11,16H,9-10,12-15H2,(H,29,33). The zero-order valence-corrected chi connectivity index (χ0v) is 19.2. The van der Waals surface area contributed by atoms with Crippen LogP contribution in [0, 0.1) is 11.6 Å². The van der Waals surface area contributed by atoms with Gasteiger partial charge in [0, 0.05) is 26.2 Å². The highest BCUT2D eigenvalue weighted by molar-refractivity contribution is 7.16. The lowest BCUT2D eigenvalue weighted by molar-refractivity contribution is 0.245. The van der Waals surface area contributed by atoms with Crippen molar-refractivity contribution < 1.29 is 8.78 Å². The molecule has 174 valence electrons. The molecule has 1 saturated heterocycles. The summed E-state index contributed by atoms with van der Waals surface area (Å²) >= 11 is 1.35. The van der Waals surface area contributed by atoms with Gasteiger partial charge in [0.25, 0.3) is 5.56 Å². The molecule has 1 N–H and O–H groups in total. The summed E-state index contributed by atoms with van der Waals surface area (Å²) in [6.07, 6.45) is 1.58. The highest BCUT2D eigenvalue weighted by Crippen LogP contribution is 2.32. The van der Waals surface area contributed by atoms with E-state index in [9.17, 15) is 18.4 Å². The third kappa shape index (κ3) is 4.51. The third-order valence-corrected chi connectivity index (χ3v) is 7.16. The maximum atomic E-state index is 13.5. The summed E-state index contributed by atoms with van der Waals surface area (Å²) in [5.74, 6) is -0.596. The molecule has 2 aromatic carbocycles. The number of fused-ring (bicyclic) bond motifs is 1. The van der Waals surface area contributed by atoms with Crippen LogP contribution in [0.25, 0.3) is 15.8 Å². The van der Waals surface area contributed by atoms with Gasteiger partial charge < -0.3 is 4.90 Å². The summed E-state index contributed by atoms with van der Waals surface area (Å²) in [5.41, 5.74) is 3.40. The van der Waals surface area contributed by atoms with E-state index in [0.717, 1.165) is 42.6 Å². The second-order valence-corrected chi connectivity index (χ2v) is 9.30. The summed E-state index contributed by atoms with van der Waals surface area (Å²) in [7, 11) is 0. The second-order valence-electron chi connectivity index (χ2n) is 8.38. The van der Waals surface area contributed by atoms with Crippen molar-refractivity contribution in [1.82, 2.24) is 14.5 Å². The molecule has 5 rings (SSSR count). The van der Waals surface area contributed by atoms with Gasteiger partial charge in [0.1, 0.15) is 16.5 Å². The first-order chi connectivity index (χ1) is 16.5. The van der Waals surface area contributed by atoms with Gasteiger partial charge in [-0.1, -0.05) is 29.8 Å². The minimum absolute atomic E-state index is 0.257. The molecule has 0 amide bonds. The van der Waals surface area contributed by atoms with Crippen molar-refractivity contribution in [2.45, 2.75) is 19.4 Å². The van der Waals surface area contributed by atoms with Gasteiger partial charge in [0.15, 0.2) is 0 Å². The number of aromatic amines is 1. The van der Waals surface area contributed by atoms with Crippen LogP contribution in [0.2, 0.25) is 0 Å². The van der Waals surface area contributed by atoms with Gasteiger partial charge in [-0.25, -0.2) is 13.6 Å². The lowest BCUT2D eigenvalue weighted by Crippen LogP contribution is -2.40. The van der Waals surface area contributed by atoms with E-state index < -0.39 is 0 Å². The molecule has 0 radical (unpaired) electrons. The number of piperidine rings is 1. The first-order valence-electron chi connectivity index (χ1n) is 11.2. The van der Waals surface area contributed by atoms with E-state index in [1.54, 1.807) is 35.7 Å². The van der Waals surface area contributed by atoms with E-state index in [-0.39, 0.29) is 22.9 Å². The van der Waals surface area contributed by atoms with Crippen molar-refractivity contribution in [2.24, 2.45) is 0 Å². The molecule has 0 aliphatic carbocycles. The van der Waals surface area contributed by atoms with Crippen LogP contribution < -0.4 is 11.2 Å². The highest BCUT2D eigenvalue weighted by Gasteiger charge is 2.20. The van der Waals surface area contributed by atoms with E-state index >= 15 is 0 Å². The Morgan fingerprint density at radius 1 is 0.853 bits per heavy atom. The van der Waals surface area contributed by atoms with E-state index in [0.29, 0.717) is 23.3 Å². The highest BCUT2D eigenvalue weighted by atomic mass is 32.1. The first kappa shape index (κ1) is 22.4. The fourth-order valence-electron chi connectivity index (χ4n) is 4.53. The van der Waals surface area contributed by atoms with Crippen LogP contribution in [-0.4, -0.2) is 34.1 Å². The summed E-state index contributed by atoms with van der Waals surface area (Å²) in [6, 6.07) is 14.5. The van der Waals surface area contributed by atoms with Gasteiger partial charge in [-0.05, 0) is 65.3 Å². The maximum absolute atomic E-state index is 13.5. The molecule has 0 unspecified atom stereocenters. The number of benzene rings is 2. The molecule has 0 spiro atoms. The number of H-pyrrole nitrogens is 1. The summed E-state index contributed by atoms with van der Waals surface area (Å²) < 4.78 is 28.3. The number of thiophene rings is 1. The van der Waals surface area contributed by atoms with E-state index in [2.05, 4.69) is 9.88 Å². The normalized spacial score (nSPS) is 14.6. The predicted molar refractivity (Wildman–Crippen MR) is 131 cm³/mol. The average molecular weight is 480 g/mol. The number of nitrogens with zero attached hydrogens (tertiary/aromatic N) is 2. The molecule has 1 aliphatic rings. The Balaban J connectivity index is 1.35. The Bertz CT molecular complexity index is 1410. The minimum Gasteiger partial charge on any atom is -0.301 e. The van der Waals surface area contributed by atoms with Crippen LogP contribution in [0.3, 0.4) is 0 Å². The van der Waals surface area contributed by atoms with E-state index in [1.807, 2.05) is 0 Å². The Labute approximate surface area is 198 Å². The minimum atomic E-state index is -0.382. The predicted octanol–water partition coefficient (Wildman–Crippen LogP) is 4.63. The number of likely N-dealkylation sites (tertiary alicyclic amines) is 1. The largest absolute Gasteiger partial charge is 0.329 e. The van der Waals surface area contributed by atoms with E-state index in [4.69, 9.17) is 0 Å². The van der Waals surface area contributed by atoms with E-state index in [1.165, 1.54) is 45.7 Å². The monoisotopic (exact) mass is 479 g/mol. The van der Waals surface area contributed by atoms with Crippen LogP contribution in [-0.2, 0) is 6.54 Å². The molecule has 4 aromatic rings. The molecule has 34 heavy (non-hydrogen) atoms. The molecule has 0 saturated carbocycles. The fourth-order valence-corrected chi connectivity index (χ4v) is 5.29. The van der Waals surface area contributed by atoms with Gasteiger partial charge in [-0.3, -0.25) is 14.3 Å². The number of rotatable bonds is 5. The summed E-state index contributed by atoms with van der Waals surface area (Å²) in [6.45, 7) is 2.46. The summed E-state index contributed by atoms with van der Waals surface area (Å²) in [4.78, 5) is 30.6. The lowest BCUT2D eigenvalue weighted by Gasteiger charge is -2.30. The molecule has 1 aliphatic heterocycles. The number of halogens is 2. The van der Waals surface area contributed by atoms with Crippen molar-refractivity contribution in [3.05, 3.63) is 109 Å². The lowest BCUT2D eigenvalue weighted by atomic mass is 9.88. The molecule has 8 heteroatoms. The molecule has 5 nitrogen and oxygen atoms in total. The average Bonchev–Trinajstić information content (AvgIpc) is 3.31. The van der Waals surface area contributed by atoms with Crippen LogP contribution in [0.5, 0.6) is 0 Å². The van der Waals surface area contributed by atoms with Crippen molar-refractivity contribution >= 4 is 27.1 Å². The van der Waals surface area contributed by atoms with Crippen molar-refractivity contribution in [3.63, 3.8) is 0 Å². The van der Waals surface area contributed by atoms with Gasteiger partial charge in [0.2, 0.25) is 0 Å². The van der Waals surface area contributed by atoms with Crippen molar-refractivity contribution in [2.75, 3.05) is 19.6 Å². The molecule has 2 aromatic heterocycles. The fraction of sp³-hybridized carbons (Fsp3) is 0.231. The Hall–Kier alpha value is -3.36. The molecule has 3 heterocycles. The van der Waals surface area contributed by atoms with Crippen LogP contribution in [0.1, 0.15) is 24.0 Å². The molecule has 0 bridgehead atoms. The van der Waals surface area contributed by atoms with Gasteiger partial charge in [-0.2, -0.15) is 0 Å². The first-order valence-corrected chi connectivity index (χ1v) is 12.0. The molecule has 0 atom stereocenters. The number of aromatic nitrogens is 2. The SMILES string of the molecule is O=c1[nH]c2sccc2c(=O)n1CCN1CCC(=C(c2ccc(F)cc2)c2ccc(F)cc2)CC1. The molecule has 1 fully saturated rings. The smallest absolute Gasteiger partial charge is 0.301 e. The van der Waals surface area contributed by atoms with Gasteiger partial charge >= 0.3 is 5.69 Å². The van der Waals surface area contributed by atoms with Crippen LogP contribution in [0.15, 0.2) is 75.1 Å². The zero-order chi connectivity index (χ0) is 23.7. The zero-order valence-electron chi connectivity index (χ0n) is 18.4. The number of hydrogen-bond acceptors (Lipinski definition) is 4. The Morgan fingerprint density at radius 2 is 1.44 bits per heavy atom. The quantitative estimate of drug-likeness (QED) is 0.454. The Morgan fingerprint density at radius 3 is 2.03 bits per heavy atom. The summed E-state index contributed by atoms with van der Waals surface area (Å²) in [5, 5.41) is 2.33. The van der Waals surface area contributed by atoms with Crippen molar-refractivity contribution in [1.29, 1.82) is 0 Å². The number of hydrogen-bond donors (Lipinski definition) is 1. The third-order valence-electron chi connectivity index (χ3n) is 6.33. The molecular weight excluding hydrogens is 456 g/mol. The topological polar surface area (TPSA) is 58.1 Å². The van der Waals surface area contributed by atoms with Gasteiger partial charge in [0.05, 0.1) is 5.39 Å². The number of nitrogens with one attached hydrogen (secondary N) is 1. The van der Waals surface area contributed by atoms with Crippen molar-refractivity contribution in [3.8, 4) is 0 Å². The Kier molecular flexibility index (Phi) is 6.26. The van der Waals surface area contributed by atoms with Gasteiger partial charge in [-0.15, -0.1) is 11.3 Å². The second kappa shape index (κ2) is 9.48. The van der Waals surface area contributed by atoms with Crippen LogP contribution in [0.4, 0.5) is 8.78 Å². The maximum Gasteiger partial charge on any atom is 0.329 e. The van der Waals surface area contributed by atoms with Crippen LogP contribution >= 0.6 is 11.3 Å².